The van der Waals surface area contributed by atoms with Crippen molar-refractivity contribution in [3.05, 3.63) is 0 Å². The lowest BCUT2D eigenvalue weighted by Crippen LogP contribution is -2.34. The number of aliphatic carboxylic acids is 1. The summed E-state index contributed by atoms with van der Waals surface area (Å²) < 4.78 is 0. The summed E-state index contributed by atoms with van der Waals surface area (Å²) in [4.78, 5) is 12.9. The van der Waals surface area contributed by atoms with Crippen molar-refractivity contribution in [2.75, 3.05) is 13.6 Å². The van der Waals surface area contributed by atoms with Crippen LogP contribution >= 0.6 is 0 Å². The van der Waals surface area contributed by atoms with Crippen LogP contribution in [0, 0.1) is 11.8 Å². The minimum atomic E-state index is -0.661. The molecule has 76 valence electrons. The van der Waals surface area contributed by atoms with Crippen LogP contribution in [0.15, 0.2) is 0 Å². The summed E-state index contributed by atoms with van der Waals surface area (Å²) in [7, 11) is 2.09. The Bertz CT molecular complexity index is 191. The molecule has 0 aromatic heterocycles. The van der Waals surface area contributed by atoms with Gasteiger partial charge in [-0.3, -0.25) is 4.79 Å². The zero-order chi connectivity index (χ0) is 10.0. The van der Waals surface area contributed by atoms with E-state index in [-0.39, 0.29) is 0 Å². The van der Waals surface area contributed by atoms with Gasteiger partial charge in [-0.05, 0) is 31.8 Å². The first-order valence-electron chi connectivity index (χ1n) is 4.94. The van der Waals surface area contributed by atoms with Crippen LogP contribution in [0.2, 0.25) is 0 Å². The van der Waals surface area contributed by atoms with E-state index in [4.69, 9.17) is 5.11 Å². The molecule has 1 fully saturated rings. The number of rotatable bonds is 3. The number of carboxylic acids is 1. The predicted octanol–water partition coefficient (Wildman–Crippen LogP) is 1.44. The molecule has 0 unspecified atom stereocenters. The molecular weight excluding hydrogens is 166 g/mol. The Hall–Kier alpha value is -0.570. The Balaban J connectivity index is 2.58. The van der Waals surface area contributed by atoms with E-state index in [1.54, 1.807) is 0 Å². The Morgan fingerprint density at radius 1 is 1.62 bits per heavy atom. The van der Waals surface area contributed by atoms with Crippen molar-refractivity contribution in [2.45, 2.75) is 32.7 Å². The molecule has 0 bridgehead atoms. The summed E-state index contributed by atoms with van der Waals surface area (Å²) in [6, 6.07) is 0.455. The second kappa shape index (κ2) is 4.09. The summed E-state index contributed by atoms with van der Waals surface area (Å²) in [5, 5.41) is 8.74. The van der Waals surface area contributed by atoms with Crippen LogP contribution in [0.4, 0.5) is 0 Å². The van der Waals surface area contributed by atoms with Crippen molar-refractivity contribution in [2.24, 2.45) is 11.8 Å². The second-order valence-corrected chi connectivity index (χ2v) is 4.36. The highest BCUT2D eigenvalue weighted by Crippen LogP contribution is 2.30. The summed E-state index contributed by atoms with van der Waals surface area (Å²) >= 11 is 0. The van der Waals surface area contributed by atoms with Gasteiger partial charge in [0.2, 0.25) is 0 Å². The average molecular weight is 185 g/mol. The molecule has 0 saturated carbocycles. The Labute approximate surface area is 79.7 Å². The van der Waals surface area contributed by atoms with Crippen molar-refractivity contribution in [3.8, 4) is 0 Å². The first kappa shape index (κ1) is 10.5. The third kappa shape index (κ3) is 2.44. The van der Waals surface area contributed by atoms with Gasteiger partial charge in [0.25, 0.3) is 0 Å². The molecule has 1 aliphatic heterocycles. The third-order valence-corrected chi connectivity index (χ3v) is 2.96. The first-order valence-corrected chi connectivity index (χ1v) is 4.94. The highest BCUT2D eigenvalue weighted by atomic mass is 16.4. The van der Waals surface area contributed by atoms with Crippen molar-refractivity contribution in [1.29, 1.82) is 0 Å². The van der Waals surface area contributed by atoms with Crippen molar-refractivity contribution < 1.29 is 9.90 Å². The number of carboxylic acid groups (broad SMARTS) is 1. The Kier molecular flexibility index (Phi) is 3.31. The van der Waals surface area contributed by atoms with E-state index in [0.29, 0.717) is 24.3 Å². The van der Waals surface area contributed by atoms with Gasteiger partial charge in [0.05, 0.1) is 0 Å². The SMILES string of the molecule is CC(C)[C@@H]1[C@@H](CC(=O)O)CCN1C. The number of hydrogen-bond acceptors (Lipinski definition) is 2. The van der Waals surface area contributed by atoms with Crippen molar-refractivity contribution in [3.63, 3.8) is 0 Å². The maximum absolute atomic E-state index is 10.6. The molecule has 3 heteroatoms. The predicted molar refractivity (Wildman–Crippen MR) is 51.6 cm³/mol. The molecule has 1 heterocycles. The fourth-order valence-corrected chi connectivity index (χ4v) is 2.55. The van der Waals surface area contributed by atoms with Gasteiger partial charge in [-0.15, -0.1) is 0 Å². The maximum Gasteiger partial charge on any atom is 0.303 e. The van der Waals surface area contributed by atoms with Gasteiger partial charge < -0.3 is 10.0 Å². The summed E-state index contributed by atoms with van der Waals surface area (Å²) in [5.41, 5.74) is 0. The average Bonchev–Trinajstić information content (AvgIpc) is 2.30. The summed E-state index contributed by atoms with van der Waals surface area (Å²) in [6.07, 6.45) is 1.36. The van der Waals surface area contributed by atoms with Gasteiger partial charge in [-0.25, -0.2) is 0 Å². The van der Waals surface area contributed by atoms with Gasteiger partial charge in [-0.1, -0.05) is 13.8 Å². The molecule has 1 rings (SSSR count). The summed E-state index contributed by atoms with van der Waals surface area (Å²) in [5.74, 6) is 0.241. The fourth-order valence-electron chi connectivity index (χ4n) is 2.55. The highest BCUT2D eigenvalue weighted by molar-refractivity contribution is 5.67. The van der Waals surface area contributed by atoms with Gasteiger partial charge in [0.15, 0.2) is 0 Å². The van der Waals surface area contributed by atoms with Crippen molar-refractivity contribution in [1.82, 2.24) is 4.90 Å². The summed E-state index contributed by atoms with van der Waals surface area (Å²) in [6.45, 7) is 5.38. The topological polar surface area (TPSA) is 40.5 Å². The van der Waals surface area contributed by atoms with E-state index >= 15 is 0 Å². The molecule has 0 aromatic rings. The molecule has 0 amide bonds. The monoisotopic (exact) mass is 185 g/mol. The van der Waals surface area contributed by atoms with E-state index < -0.39 is 5.97 Å². The molecule has 1 N–H and O–H groups in total. The molecular formula is C10H19NO2. The van der Waals surface area contributed by atoms with Crippen LogP contribution in [0.5, 0.6) is 0 Å². The van der Waals surface area contributed by atoms with Gasteiger partial charge in [-0.2, -0.15) is 0 Å². The van der Waals surface area contributed by atoms with Gasteiger partial charge in [0.1, 0.15) is 0 Å². The fraction of sp³-hybridized carbons (Fsp3) is 0.900. The van der Waals surface area contributed by atoms with Gasteiger partial charge >= 0.3 is 5.97 Å². The van der Waals surface area contributed by atoms with E-state index in [9.17, 15) is 4.79 Å². The zero-order valence-electron chi connectivity index (χ0n) is 8.66. The molecule has 3 nitrogen and oxygen atoms in total. The number of hydrogen-bond donors (Lipinski definition) is 1. The third-order valence-electron chi connectivity index (χ3n) is 2.96. The van der Waals surface area contributed by atoms with E-state index in [1.807, 2.05) is 0 Å². The first-order chi connectivity index (χ1) is 6.02. The highest BCUT2D eigenvalue weighted by Gasteiger charge is 2.34. The smallest absolute Gasteiger partial charge is 0.303 e. The number of carbonyl (C=O) groups is 1. The number of nitrogens with zero attached hydrogens (tertiary/aromatic N) is 1. The quantitative estimate of drug-likeness (QED) is 0.723. The molecule has 0 aromatic carbocycles. The van der Waals surface area contributed by atoms with Crippen molar-refractivity contribution >= 4 is 5.97 Å². The largest absolute Gasteiger partial charge is 0.481 e. The van der Waals surface area contributed by atoms with Crippen LogP contribution < -0.4 is 0 Å². The van der Waals surface area contributed by atoms with Crippen LogP contribution in [0.25, 0.3) is 0 Å². The minimum absolute atomic E-state index is 0.327. The second-order valence-electron chi connectivity index (χ2n) is 4.36. The van der Waals surface area contributed by atoms with Crippen LogP contribution in [-0.4, -0.2) is 35.6 Å². The Morgan fingerprint density at radius 3 is 2.69 bits per heavy atom. The molecule has 1 aliphatic rings. The minimum Gasteiger partial charge on any atom is -0.481 e. The molecule has 0 aliphatic carbocycles. The molecule has 13 heavy (non-hydrogen) atoms. The van der Waals surface area contributed by atoms with Crippen LogP contribution in [0.3, 0.4) is 0 Å². The number of likely N-dealkylation sites (tertiary alicyclic amines) is 1. The van der Waals surface area contributed by atoms with Crippen LogP contribution in [0.1, 0.15) is 26.7 Å². The molecule has 0 radical (unpaired) electrons. The maximum atomic E-state index is 10.6. The Morgan fingerprint density at radius 2 is 2.23 bits per heavy atom. The standard InChI is InChI=1S/C10H19NO2/c1-7(2)10-8(6-9(12)13)4-5-11(10)3/h7-8,10H,4-6H2,1-3H3,(H,12,13)/t8-,10-/m1/s1. The van der Waals surface area contributed by atoms with E-state index in [0.717, 1.165) is 13.0 Å². The van der Waals surface area contributed by atoms with Gasteiger partial charge in [0, 0.05) is 12.5 Å². The molecule has 2 atom stereocenters. The lowest BCUT2D eigenvalue weighted by Gasteiger charge is -2.27. The van der Waals surface area contributed by atoms with Crippen LogP contribution in [-0.2, 0) is 4.79 Å². The van der Waals surface area contributed by atoms with E-state index in [1.165, 1.54) is 0 Å². The van der Waals surface area contributed by atoms with E-state index in [2.05, 4.69) is 25.8 Å². The normalized spacial score (nSPS) is 29.8. The zero-order valence-corrected chi connectivity index (χ0v) is 8.66. The molecule has 1 saturated heterocycles. The lowest BCUT2D eigenvalue weighted by atomic mass is 9.89. The lowest BCUT2D eigenvalue weighted by molar-refractivity contribution is -0.138. The molecule has 0 spiro atoms.